The first-order chi connectivity index (χ1) is 7.21. The van der Waals surface area contributed by atoms with Crippen LogP contribution in [-0.2, 0) is 5.41 Å². The maximum Gasteiger partial charge on any atom is 0.0143 e. The lowest BCUT2D eigenvalue weighted by molar-refractivity contribution is 0.634. The largest absolute Gasteiger partial charge is 0.0802 e. The third kappa shape index (κ3) is 2.04. The summed E-state index contributed by atoms with van der Waals surface area (Å²) in [6.45, 7) is 4.56. The molecule has 1 aliphatic carbocycles. The Labute approximate surface area is 92.3 Å². The summed E-state index contributed by atoms with van der Waals surface area (Å²) in [5, 5.41) is 0. The van der Waals surface area contributed by atoms with Gasteiger partial charge in [-0.2, -0.15) is 0 Å². The molecule has 1 aromatic carbocycles. The maximum atomic E-state index is 2.31. The topological polar surface area (TPSA) is 0 Å². The molecule has 0 amide bonds. The maximum absolute atomic E-state index is 2.31. The van der Waals surface area contributed by atoms with Gasteiger partial charge in [0.1, 0.15) is 0 Å². The van der Waals surface area contributed by atoms with Gasteiger partial charge in [-0.25, -0.2) is 0 Å². The number of benzene rings is 1. The normalized spacial score (nSPS) is 16.3. The molecule has 15 heavy (non-hydrogen) atoms. The van der Waals surface area contributed by atoms with Crippen LogP contribution in [0.4, 0.5) is 0 Å². The molecule has 77 valence electrons. The van der Waals surface area contributed by atoms with E-state index in [1.165, 1.54) is 11.1 Å². The van der Waals surface area contributed by atoms with Crippen molar-refractivity contribution in [2.75, 3.05) is 0 Å². The summed E-state index contributed by atoms with van der Waals surface area (Å²) < 4.78 is 0. The van der Waals surface area contributed by atoms with Gasteiger partial charge in [-0.15, -0.1) is 0 Å². The van der Waals surface area contributed by atoms with E-state index in [4.69, 9.17) is 0 Å². The fraction of sp³-hybridized carbons (Fsp3) is 0.267. The molecule has 1 aromatic rings. The molecule has 0 saturated heterocycles. The van der Waals surface area contributed by atoms with E-state index in [1.54, 1.807) is 0 Å². The first kappa shape index (κ1) is 10.2. The van der Waals surface area contributed by atoms with E-state index in [1.807, 2.05) is 0 Å². The van der Waals surface area contributed by atoms with Crippen LogP contribution >= 0.6 is 0 Å². The van der Waals surface area contributed by atoms with E-state index in [2.05, 4.69) is 68.8 Å². The van der Waals surface area contributed by atoms with Crippen molar-refractivity contribution in [2.24, 2.45) is 0 Å². The highest BCUT2D eigenvalue weighted by atomic mass is 14.3. The molecule has 0 aromatic heterocycles. The second-order valence-electron chi connectivity index (χ2n) is 4.48. The summed E-state index contributed by atoms with van der Waals surface area (Å²) in [4.78, 5) is 0. The summed E-state index contributed by atoms with van der Waals surface area (Å²) >= 11 is 0. The van der Waals surface area contributed by atoms with Crippen LogP contribution in [0.2, 0.25) is 0 Å². The molecule has 0 aliphatic heterocycles. The molecule has 0 heteroatoms. The Kier molecular flexibility index (Phi) is 2.77. The SMILES string of the molecule is CC(C)(C1=CC[CH]C=C1)c1ccccc1. The van der Waals surface area contributed by atoms with Gasteiger partial charge in [-0.3, -0.25) is 0 Å². The fourth-order valence-electron chi connectivity index (χ4n) is 2.00. The van der Waals surface area contributed by atoms with Gasteiger partial charge < -0.3 is 0 Å². The lowest BCUT2D eigenvalue weighted by Crippen LogP contribution is -2.20. The lowest BCUT2D eigenvalue weighted by Gasteiger charge is -2.28. The van der Waals surface area contributed by atoms with Crippen molar-refractivity contribution in [1.82, 2.24) is 0 Å². The Morgan fingerprint density at radius 2 is 1.80 bits per heavy atom. The number of rotatable bonds is 2. The first-order valence-corrected chi connectivity index (χ1v) is 5.47. The van der Waals surface area contributed by atoms with Gasteiger partial charge in [0.25, 0.3) is 0 Å². The molecule has 0 nitrogen and oxygen atoms in total. The minimum atomic E-state index is 0.117. The summed E-state index contributed by atoms with van der Waals surface area (Å²) in [6, 6.07) is 10.7. The van der Waals surface area contributed by atoms with Crippen LogP contribution in [-0.4, -0.2) is 0 Å². The van der Waals surface area contributed by atoms with E-state index < -0.39 is 0 Å². The van der Waals surface area contributed by atoms with Gasteiger partial charge in [-0.05, 0) is 24.0 Å². The van der Waals surface area contributed by atoms with Crippen molar-refractivity contribution in [1.29, 1.82) is 0 Å². The molecule has 1 aliphatic rings. The van der Waals surface area contributed by atoms with E-state index in [9.17, 15) is 0 Å². The highest BCUT2D eigenvalue weighted by Crippen LogP contribution is 2.33. The summed E-state index contributed by atoms with van der Waals surface area (Å²) in [6.07, 6.45) is 9.93. The highest BCUT2D eigenvalue weighted by Gasteiger charge is 2.23. The molecule has 0 N–H and O–H groups in total. The average molecular weight is 197 g/mol. The average Bonchev–Trinajstić information content (AvgIpc) is 2.31. The van der Waals surface area contributed by atoms with E-state index >= 15 is 0 Å². The lowest BCUT2D eigenvalue weighted by atomic mass is 9.76. The van der Waals surface area contributed by atoms with Gasteiger partial charge in [0.2, 0.25) is 0 Å². The second kappa shape index (κ2) is 4.06. The van der Waals surface area contributed by atoms with Crippen molar-refractivity contribution in [3.8, 4) is 0 Å². The number of hydrogen-bond donors (Lipinski definition) is 0. The minimum absolute atomic E-state index is 0.117. The molecule has 0 bridgehead atoms. The molecule has 0 fully saturated rings. The molecule has 0 saturated carbocycles. The molecule has 0 heterocycles. The fourth-order valence-corrected chi connectivity index (χ4v) is 2.00. The third-order valence-corrected chi connectivity index (χ3v) is 3.10. The van der Waals surface area contributed by atoms with Gasteiger partial charge in [0.05, 0.1) is 0 Å². The molecule has 2 rings (SSSR count). The van der Waals surface area contributed by atoms with E-state index in [0.29, 0.717) is 0 Å². The molecular formula is C15H17. The zero-order chi connectivity index (χ0) is 10.7. The smallest absolute Gasteiger partial charge is 0.0143 e. The number of allylic oxidation sites excluding steroid dienone is 4. The Bertz CT molecular complexity index is 380. The Balaban J connectivity index is 2.34. The standard InChI is InChI=1S/C15H17/c1-15(2,13-9-5-3-6-10-13)14-11-7-4-8-12-14/h3-7,9-12H,8H2,1-2H3. The van der Waals surface area contributed by atoms with E-state index in [-0.39, 0.29) is 5.41 Å². The predicted molar refractivity (Wildman–Crippen MR) is 65.6 cm³/mol. The molecule has 0 unspecified atom stereocenters. The van der Waals surface area contributed by atoms with Crippen LogP contribution < -0.4 is 0 Å². The van der Waals surface area contributed by atoms with Crippen molar-refractivity contribution in [3.63, 3.8) is 0 Å². The molecule has 0 spiro atoms. The number of hydrogen-bond acceptors (Lipinski definition) is 0. The van der Waals surface area contributed by atoms with Gasteiger partial charge in [-0.1, -0.05) is 62.4 Å². The molecule has 0 atom stereocenters. The molecular weight excluding hydrogens is 180 g/mol. The van der Waals surface area contributed by atoms with Crippen LogP contribution in [0.15, 0.2) is 54.1 Å². The summed E-state index contributed by atoms with van der Waals surface area (Å²) in [7, 11) is 0. The van der Waals surface area contributed by atoms with Crippen LogP contribution in [0, 0.1) is 6.42 Å². The summed E-state index contributed by atoms with van der Waals surface area (Å²) in [5.74, 6) is 0. The third-order valence-electron chi connectivity index (χ3n) is 3.10. The quantitative estimate of drug-likeness (QED) is 0.671. The predicted octanol–water partition coefficient (Wildman–Crippen LogP) is 4.05. The monoisotopic (exact) mass is 197 g/mol. The van der Waals surface area contributed by atoms with Crippen LogP contribution in [0.25, 0.3) is 0 Å². The van der Waals surface area contributed by atoms with Crippen molar-refractivity contribution in [2.45, 2.75) is 25.7 Å². The zero-order valence-electron chi connectivity index (χ0n) is 9.40. The van der Waals surface area contributed by atoms with Gasteiger partial charge in [0.15, 0.2) is 0 Å². The Morgan fingerprint density at radius 1 is 1.07 bits per heavy atom. The van der Waals surface area contributed by atoms with Gasteiger partial charge >= 0.3 is 0 Å². The summed E-state index contributed by atoms with van der Waals surface area (Å²) in [5.41, 5.74) is 2.91. The first-order valence-electron chi connectivity index (χ1n) is 5.47. The zero-order valence-corrected chi connectivity index (χ0v) is 9.40. The Hall–Kier alpha value is -1.30. The van der Waals surface area contributed by atoms with Gasteiger partial charge in [0, 0.05) is 5.41 Å². The van der Waals surface area contributed by atoms with Crippen molar-refractivity contribution < 1.29 is 0 Å². The van der Waals surface area contributed by atoms with Crippen molar-refractivity contribution in [3.05, 3.63) is 66.1 Å². The second-order valence-corrected chi connectivity index (χ2v) is 4.48. The van der Waals surface area contributed by atoms with Crippen LogP contribution in [0.3, 0.4) is 0 Å². The van der Waals surface area contributed by atoms with E-state index in [0.717, 1.165) is 6.42 Å². The van der Waals surface area contributed by atoms with Crippen LogP contribution in [0.1, 0.15) is 25.8 Å². The molecule has 1 radical (unpaired) electrons. The Morgan fingerprint density at radius 3 is 2.40 bits per heavy atom. The van der Waals surface area contributed by atoms with Crippen molar-refractivity contribution >= 4 is 0 Å². The highest BCUT2D eigenvalue weighted by molar-refractivity contribution is 5.42. The van der Waals surface area contributed by atoms with Crippen LogP contribution in [0.5, 0.6) is 0 Å². The minimum Gasteiger partial charge on any atom is -0.0802 e.